The number of aryl methyl sites for hydroxylation is 2. The Balaban J connectivity index is 2.18. The molecule has 0 saturated carbocycles. The van der Waals surface area contributed by atoms with Gasteiger partial charge in [-0.2, -0.15) is 0 Å². The van der Waals surface area contributed by atoms with E-state index in [1.54, 1.807) is 12.4 Å². The van der Waals surface area contributed by atoms with Crippen molar-refractivity contribution < 1.29 is 13.9 Å². The normalized spacial score (nSPS) is 14.4. The van der Waals surface area contributed by atoms with E-state index in [0.717, 1.165) is 11.9 Å². The highest BCUT2D eigenvalue weighted by Gasteiger charge is 2.28. The van der Waals surface area contributed by atoms with Gasteiger partial charge in [-0.1, -0.05) is 12.1 Å². The molecule has 2 aromatic rings. The molecule has 2 rings (SSSR count). The molecule has 102 valence electrons. The summed E-state index contributed by atoms with van der Waals surface area (Å²) in [5.74, 6) is -1.15. The number of halogens is 2. The Bertz CT molecular complexity index is 579. The van der Waals surface area contributed by atoms with Gasteiger partial charge in [0.2, 0.25) is 0 Å². The van der Waals surface area contributed by atoms with E-state index in [0.29, 0.717) is 6.42 Å². The Hall–Kier alpha value is -1.75. The van der Waals surface area contributed by atoms with E-state index in [9.17, 15) is 13.9 Å². The molecule has 5 heteroatoms. The van der Waals surface area contributed by atoms with Crippen molar-refractivity contribution in [3.8, 4) is 0 Å². The SMILES string of the molecule is Cn1ccnc1CCC(C)(O)c1cccc(F)c1F. The number of aromatic nitrogens is 2. The van der Waals surface area contributed by atoms with Crippen molar-refractivity contribution in [3.05, 3.63) is 53.6 Å². The molecular weight excluding hydrogens is 250 g/mol. The molecule has 0 aliphatic rings. The zero-order valence-corrected chi connectivity index (χ0v) is 10.9. The molecule has 1 aromatic heterocycles. The molecule has 1 atom stereocenters. The van der Waals surface area contributed by atoms with Gasteiger partial charge in [-0.3, -0.25) is 0 Å². The van der Waals surface area contributed by atoms with E-state index in [1.807, 2.05) is 11.6 Å². The topological polar surface area (TPSA) is 38.0 Å². The zero-order valence-electron chi connectivity index (χ0n) is 10.9. The van der Waals surface area contributed by atoms with E-state index >= 15 is 0 Å². The largest absolute Gasteiger partial charge is 0.385 e. The first-order valence-electron chi connectivity index (χ1n) is 6.05. The van der Waals surface area contributed by atoms with E-state index in [4.69, 9.17) is 0 Å². The third kappa shape index (κ3) is 2.81. The monoisotopic (exact) mass is 266 g/mol. The molecule has 0 fully saturated rings. The van der Waals surface area contributed by atoms with Gasteiger partial charge in [-0.15, -0.1) is 0 Å². The molecular formula is C14H16F2N2O. The lowest BCUT2D eigenvalue weighted by Crippen LogP contribution is -2.24. The molecule has 1 unspecified atom stereocenters. The van der Waals surface area contributed by atoms with Crippen LogP contribution in [0.5, 0.6) is 0 Å². The average Bonchev–Trinajstić information content (AvgIpc) is 2.76. The van der Waals surface area contributed by atoms with Crippen LogP contribution in [0.4, 0.5) is 8.78 Å². The summed E-state index contributed by atoms with van der Waals surface area (Å²) in [5.41, 5.74) is -1.46. The molecule has 19 heavy (non-hydrogen) atoms. The van der Waals surface area contributed by atoms with Crippen LogP contribution in [0, 0.1) is 11.6 Å². The van der Waals surface area contributed by atoms with Crippen LogP contribution in [0.15, 0.2) is 30.6 Å². The van der Waals surface area contributed by atoms with Crippen LogP contribution in [0.1, 0.15) is 24.7 Å². The highest BCUT2D eigenvalue weighted by Crippen LogP contribution is 2.29. The molecule has 3 nitrogen and oxygen atoms in total. The minimum Gasteiger partial charge on any atom is -0.385 e. The summed E-state index contributed by atoms with van der Waals surface area (Å²) in [6, 6.07) is 3.83. The summed E-state index contributed by atoms with van der Waals surface area (Å²) >= 11 is 0. The quantitative estimate of drug-likeness (QED) is 0.923. The van der Waals surface area contributed by atoms with Crippen molar-refractivity contribution in [3.63, 3.8) is 0 Å². The molecule has 0 radical (unpaired) electrons. The predicted octanol–water partition coefficient (Wildman–Crippen LogP) is 2.54. The fourth-order valence-corrected chi connectivity index (χ4v) is 2.05. The van der Waals surface area contributed by atoms with Crippen LogP contribution in [0.2, 0.25) is 0 Å². The van der Waals surface area contributed by atoms with Gasteiger partial charge in [-0.05, 0) is 19.4 Å². The maximum atomic E-state index is 13.7. The Morgan fingerprint density at radius 2 is 2.11 bits per heavy atom. The molecule has 0 aliphatic heterocycles. The Kier molecular flexibility index (Phi) is 3.66. The minimum atomic E-state index is -1.43. The molecule has 0 bridgehead atoms. The van der Waals surface area contributed by atoms with Crippen molar-refractivity contribution >= 4 is 0 Å². The number of hydrogen-bond donors (Lipinski definition) is 1. The summed E-state index contributed by atoms with van der Waals surface area (Å²) < 4.78 is 28.7. The predicted molar refractivity (Wildman–Crippen MR) is 67.5 cm³/mol. The first-order valence-corrected chi connectivity index (χ1v) is 6.05. The number of hydrogen-bond acceptors (Lipinski definition) is 2. The van der Waals surface area contributed by atoms with Gasteiger partial charge in [-0.25, -0.2) is 13.8 Å². The summed E-state index contributed by atoms with van der Waals surface area (Å²) in [7, 11) is 1.85. The van der Waals surface area contributed by atoms with Crippen LogP contribution in [-0.4, -0.2) is 14.7 Å². The lowest BCUT2D eigenvalue weighted by molar-refractivity contribution is 0.0429. The van der Waals surface area contributed by atoms with Gasteiger partial charge >= 0.3 is 0 Å². The number of nitrogens with zero attached hydrogens (tertiary/aromatic N) is 2. The molecule has 1 N–H and O–H groups in total. The first-order chi connectivity index (χ1) is 8.92. The van der Waals surface area contributed by atoms with Gasteiger partial charge < -0.3 is 9.67 Å². The lowest BCUT2D eigenvalue weighted by Gasteiger charge is -2.24. The van der Waals surface area contributed by atoms with Crippen molar-refractivity contribution in [1.29, 1.82) is 0 Å². The molecule has 0 aliphatic carbocycles. The Morgan fingerprint density at radius 3 is 2.74 bits per heavy atom. The maximum Gasteiger partial charge on any atom is 0.164 e. The van der Waals surface area contributed by atoms with Crippen molar-refractivity contribution in [2.75, 3.05) is 0 Å². The second-order valence-electron chi connectivity index (χ2n) is 4.83. The van der Waals surface area contributed by atoms with Gasteiger partial charge in [0, 0.05) is 31.4 Å². The summed E-state index contributed by atoms with van der Waals surface area (Å²) in [6.07, 6.45) is 4.20. The molecule has 0 spiro atoms. The van der Waals surface area contributed by atoms with E-state index in [2.05, 4.69) is 4.98 Å². The second kappa shape index (κ2) is 5.09. The van der Waals surface area contributed by atoms with Crippen molar-refractivity contribution in [2.45, 2.75) is 25.4 Å². The minimum absolute atomic E-state index is 0.0262. The molecule has 1 heterocycles. The van der Waals surface area contributed by atoms with Crippen LogP contribution >= 0.6 is 0 Å². The standard InChI is InChI=1S/C14H16F2N2O/c1-14(19,7-6-12-17-8-9-18(12)2)10-4-3-5-11(15)13(10)16/h3-5,8-9,19H,6-7H2,1-2H3. The second-order valence-corrected chi connectivity index (χ2v) is 4.83. The van der Waals surface area contributed by atoms with Crippen molar-refractivity contribution in [1.82, 2.24) is 9.55 Å². The zero-order chi connectivity index (χ0) is 14.0. The lowest BCUT2D eigenvalue weighted by atomic mass is 9.90. The van der Waals surface area contributed by atoms with Crippen LogP contribution in [-0.2, 0) is 19.1 Å². The van der Waals surface area contributed by atoms with E-state index in [1.165, 1.54) is 19.1 Å². The van der Waals surface area contributed by atoms with E-state index in [-0.39, 0.29) is 12.0 Å². The molecule has 0 saturated heterocycles. The van der Waals surface area contributed by atoms with Crippen molar-refractivity contribution in [2.24, 2.45) is 7.05 Å². The summed E-state index contributed by atoms with van der Waals surface area (Å²) in [4.78, 5) is 4.14. The fraction of sp³-hybridized carbons (Fsp3) is 0.357. The first kappa shape index (κ1) is 13.7. The van der Waals surface area contributed by atoms with E-state index < -0.39 is 17.2 Å². The number of imidazole rings is 1. The van der Waals surface area contributed by atoms with Crippen LogP contribution in [0.3, 0.4) is 0 Å². The third-order valence-corrected chi connectivity index (χ3v) is 3.29. The van der Waals surface area contributed by atoms with Gasteiger partial charge in [0.25, 0.3) is 0 Å². The van der Waals surface area contributed by atoms with Gasteiger partial charge in [0.05, 0.1) is 5.60 Å². The van der Waals surface area contributed by atoms with Crippen LogP contribution < -0.4 is 0 Å². The number of benzene rings is 1. The maximum absolute atomic E-state index is 13.7. The van der Waals surface area contributed by atoms with Crippen LogP contribution in [0.25, 0.3) is 0 Å². The van der Waals surface area contributed by atoms with Gasteiger partial charge in [0.1, 0.15) is 5.82 Å². The highest BCUT2D eigenvalue weighted by molar-refractivity contribution is 5.24. The Morgan fingerprint density at radius 1 is 1.37 bits per heavy atom. The van der Waals surface area contributed by atoms with Gasteiger partial charge in [0.15, 0.2) is 11.6 Å². The number of rotatable bonds is 4. The third-order valence-electron chi connectivity index (χ3n) is 3.29. The highest BCUT2D eigenvalue weighted by atomic mass is 19.2. The smallest absolute Gasteiger partial charge is 0.164 e. The molecule has 1 aromatic carbocycles. The fourth-order valence-electron chi connectivity index (χ4n) is 2.05. The molecule has 0 amide bonds. The number of aliphatic hydroxyl groups is 1. The Labute approximate surface area is 110 Å². The summed E-state index contributed by atoms with van der Waals surface area (Å²) in [6.45, 7) is 1.48. The summed E-state index contributed by atoms with van der Waals surface area (Å²) in [5, 5.41) is 10.3. The average molecular weight is 266 g/mol.